The number of nitrogens with one attached hydrogen (secondary N) is 2. The van der Waals surface area contributed by atoms with Crippen molar-refractivity contribution in [1.82, 2.24) is 15.3 Å². The van der Waals surface area contributed by atoms with Gasteiger partial charge in [-0.25, -0.2) is 9.78 Å². The standard InChI is InChI=1S/C14H9Cl2N3O4/c15-7-3-9-10(4-8(7)16)19-11(18-9)5-17-13(20)12-6(14(21)22)1-2-23-12/h1-4H,5H2,(H,17,20)(H,18,19)(H,21,22). The fraction of sp³-hybridized carbons (Fsp3) is 0.0714. The van der Waals surface area contributed by atoms with Crippen LogP contribution in [0, 0.1) is 0 Å². The zero-order valence-electron chi connectivity index (χ0n) is 11.4. The van der Waals surface area contributed by atoms with Gasteiger partial charge in [-0.1, -0.05) is 23.2 Å². The Morgan fingerprint density at radius 2 is 2.04 bits per heavy atom. The number of fused-ring (bicyclic) bond motifs is 1. The highest BCUT2D eigenvalue weighted by Crippen LogP contribution is 2.26. The molecule has 1 amide bonds. The van der Waals surface area contributed by atoms with Crippen molar-refractivity contribution in [3.63, 3.8) is 0 Å². The Kier molecular flexibility index (Phi) is 3.97. The van der Waals surface area contributed by atoms with Crippen LogP contribution in [0.5, 0.6) is 0 Å². The third-order valence-electron chi connectivity index (χ3n) is 3.09. The highest BCUT2D eigenvalue weighted by Gasteiger charge is 2.20. The summed E-state index contributed by atoms with van der Waals surface area (Å²) in [4.78, 5) is 30.2. The molecular formula is C14H9Cl2N3O4. The summed E-state index contributed by atoms with van der Waals surface area (Å²) in [6, 6.07) is 4.45. The van der Waals surface area contributed by atoms with Gasteiger partial charge in [0.2, 0.25) is 5.76 Å². The van der Waals surface area contributed by atoms with Gasteiger partial charge in [0.1, 0.15) is 11.4 Å². The number of aromatic amines is 1. The predicted molar refractivity (Wildman–Crippen MR) is 83.0 cm³/mol. The number of amides is 1. The van der Waals surface area contributed by atoms with Crippen molar-refractivity contribution in [1.29, 1.82) is 0 Å². The molecule has 0 saturated heterocycles. The minimum atomic E-state index is -1.24. The molecular weight excluding hydrogens is 345 g/mol. The Labute approximate surface area is 139 Å². The number of carboxylic acids is 1. The number of carbonyl (C=O) groups is 2. The number of nitrogens with zero attached hydrogens (tertiary/aromatic N) is 1. The lowest BCUT2D eigenvalue weighted by molar-refractivity contribution is 0.0688. The Morgan fingerprint density at radius 1 is 1.30 bits per heavy atom. The van der Waals surface area contributed by atoms with Crippen molar-refractivity contribution in [2.24, 2.45) is 0 Å². The lowest BCUT2D eigenvalue weighted by atomic mass is 10.2. The number of aromatic nitrogens is 2. The molecule has 0 radical (unpaired) electrons. The molecule has 0 aliphatic carbocycles. The Hall–Kier alpha value is -2.51. The Bertz CT molecular complexity index is 877. The number of carbonyl (C=O) groups excluding carboxylic acids is 1. The van der Waals surface area contributed by atoms with Gasteiger partial charge in [-0.15, -0.1) is 0 Å². The maximum absolute atomic E-state index is 12.0. The van der Waals surface area contributed by atoms with E-state index in [1.54, 1.807) is 12.1 Å². The highest BCUT2D eigenvalue weighted by molar-refractivity contribution is 6.42. The number of benzene rings is 1. The molecule has 2 aromatic heterocycles. The van der Waals surface area contributed by atoms with Gasteiger partial charge in [0, 0.05) is 0 Å². The first-order valence-corrected chi connectivity index (χ1v) is 7.14. The molecule has 3 N–H and O–H groups in total. The lowest BCUT2D eigenvalue weighted by Gasteiger charge is -2.01. The van der Waals surface area contributed by atoms with E-state index in [2.05, 4.69) is 15.3 Å². The third kappa shape index (κ3) is 3.01. The zero-order chi connectivity index (χ0) is 16.6. The van der Waals surface area contributed by atoms with Crippen LogP contribution in [-0.2, 0) is 6.54 Å². The van der Waals surface area contributed by atoms with E-state index < -0.39 is 11.9 Å². The van der Waals surface area contributed by atoms with Crippen LogP contribution in [-0.4, -0.2) is 27.0 Å². The molecule has 3 rings (SSSR count). The SMILES string of the molecule is O=C(O)c1ccoc1C(=O)NCc1nc2cc(Cl)c(Cl)cc2[nH]1. The molecule has 0 atom stereocenters. The second kappa shape index (κ2) is 5.94. The zero-order valence-corrected chi connectivity index (χ0v) is 12.9. The maximum atomic E-state index is 12.0. The van der Waals surface area contributed by atoms with Crippen molar-refractivity contribution >= 4 is 46.1 Å². The molecule has 118 valence electrons. The van der Waals surface area contributed by atoms with Crippen LogP contribution in [0.1, 0.15) is 26.7 Å². The number of hydrogen-bond donors (Lipinski definition) is 3. The summed E-state index contributed by atoms with van der Waals surface area (Å²) < 4.78 is 4.91. The van der Waals surface area contributed by atoms with Crippen molar-refractivity contribution in [2.45, 2.75) is 6.54 Å². The smallest absolute Gasteiger partial charge is 0.339 e. The quantitative estimate of drug-likeness (QED) is 0.667. The molecule has 7 nitrogen and oxygen atoms in total. The van der Waals surface area contributed by atoms with Gasteiger partial charge in [0.05, 0.1) is 33.9 Å². The van der Waals surface area contributed by atoms with Crippen LogP contribution in [0.25, 0.3) is 11.0 Å². The number of furan rings is 1. The average Bonchev–Trinajstić information content (AvgIpc) is 3.11. The fourth-order valence-corrected chi connectivity index (χ4v) is 2.36. The Balaban J connectivity index is 1.76. The van der Waals surface area contributed by atoms with Crippen molar-refractivity contribution in [3.05, 3.63) is 51.7 Å². The van der Waals surface area contributed by atoms with E-state index in [0.29, 0.717) is 26.9 Å². The molecule has 0 bridgehead atoms. The van der Waals surface area contributed by atoms with Gasteiger partial charge >= 0.3 is 5.97 Å². The number of halogens is 2. The molecule has 0 aliphatic heterocycles. The molecule has 0 unspecified atom stereocenters. The van der Waals surface area contributed by atoms with Crippen LogP contribution in [0.3, 0.4) is 0 Å². The molecule has 0 fully saturated rings. The summed E-state index contributed by atoms with van der Waals surface area (Å²) in [5, 5.41) is 12.3. The molecule has 0 saturated carbocycles. The number of aromatic carboxylic acids is 1. The van der Waals surface area contributed by atoms with E-state index in [0.717, 1.165) is 6.26 Å². The summed E-state index contributed by atoms with van der Waals surface area (Å²) in [6.07, 6.45) is 1.14. The second-order valence-corrected chi connectivity index (χ2v) is 5.43. The van der Waals surface area contributed by atoms with Crippen LogP contribution < -0.4 is 5.32 Å². The molecule has 9 heteroatoms. The van der Waals surface area contributed by atoms with Crippen molar-refractivity contribution in [2.75, 3.05) is 0 Å². The van der Waals surface area contributed by atoms with Crippen LogP contribution in [0.4, 0.5) is 0 Å². The highest BCUT2D eigenvalue weighted by atomic mass is 35.5. The van der Waals surface area contributed by atoms with Gasteiger partial charge in [-0.3, -0.25) is 4.79 Å². The topological polar surface area (TPSA) is 108 Å². The van der Waals surface area contributed by atoms with Gasteiger partial charge in [-0.2, -0.15) is 0 Å². The molecule has 0 spiro atoms. The summed E-state index contributed by atoms with van der Waals surface area (Å²) in [6.45, 7) is 0.0580. The van der Waals surface area contributed by atoms with Crippen LogP contribution in [0.2, 0.25) is 10.0 Å². The molecule has 3 aromatic rings. The number of hydrogen-bond acceptors (Lipinski definition) is 4. The first-order valence-electron chi connectivity index (χ1n) is 6.38. The molecule has 2 heterocycles. The molecule has 1 aromatic carbocycles. The normalized spacial score (nSPS) is 10.9. The van der Waals surface area contributed by atoms with Gasteiger partial charge in [-0.05, 0) is 18.2 Å². The molecule has 23 heavy (non-hydrogen) atoms. The van der Waals surface area contributed by atoms with Crippen molar-refractivity contribution < 1.29 is 19.1 Å². The lowest BCUT2D eigenvalue weighted by Crippen LogP contribution is -2.24. The van der Waals surface area contributed by atoms with Gasteiger partial charge in [0.15, 0.2) is 0 Å². The summed E-state index contributed by atoms with van der Waals surface area (Å²) in [7, 11) is 0. The minimum absolute atomic E-state index is 0.0580. The van der Waals surface area contributed by atoms with Crippen LogP contribution >= 0.6 is 23.2 Å². The van der Waals surface area contributed by atoms with E-state index in [4.69, 9.17) is 32.7 Å². The summed E-state index contributed by atoms with van der Waals surface area (Å²) in [5.41, 5.74) is 1.08. The van der Waals surface area contributed by atoms with E-state index >= 15 is 0 Å². The number of H-pyrrole nitrogens is 1. The van der Waals surface area contributed by atoms with E-state index in [1.807, 2.05) is 0 Å². The number of imidazole rings is 1. The van der Waals surface area contributed by atoms with Crippen LogP contribution in [0.15, 0.2) is 28.9 Å². The van der Waals surface area contributed by atoms with Gasteiger partial charge in [0.25, 0.3) is 5.91 Å². The third-order valence-corrected chi connectivity index (χ3v) is 3.81. The van der Waals surface area contributed by atoms with E-state index in [1.165, 1.54) is 6.07 Å². The Morgan fingerprint density at radius 3 is 2.78 bits per heavy atom. The minimum Gasteiger partial charge on any atom is -0.478 e. The van der Waals surface area contributed by atoms with E-state index in [9.17, 15) is 9.59 Å². The first-order chi connectivity index (χ1) is 11.0. The fourth-order valence-electron chi connectivity index (χ4n) is 2.04. The number of rotatable bonds is 4. The summed E-state index contributed by atoms with van der Waals surface area (Å²) >= 11 is 11.8. The predicted octanol–water partition coefficient (Wildman–Crippen LogP) is 3.09. The molecule has 0 aliphatic rings. The van der Waals surface area contributed by atoms with Crippen molar-refractivity contribution in [3.8, 4) is 0 Å². The first kappa shape index (κ1) is 15.4. The average molecular weight is 354 g/mol. The second-order valence-electron chi connectivity index (χ2n) is 4.62. The van der Waals surface area contributed by atoms with E-state index in [-0.39, 0.29) is 17.9 Å². The summed E-state index contributed by atoms with van der Waals surface area (Å²) in [5.74, 6) is -1.68. The maximum Gasteiger partial charge on any atom is 0.339 e. The van der Waals surface area contributed by atoms with Gasteiger partial charge < -0.3 is 19.8 Å². The monoisotopic (exact) mass is 353 g/mol. The number of carboxylic acid groups (broad SMARTS) is 1. The largest absolute Gasteiger partial charge is 0.478 e.